The van der Waals surface area contributed by atoms with Crippen molar-refractivity contribution in [2.75, 3.05) is 26.2 Å². The fourth-order valence-corrected chi connectivity index (χ4v) is 3.83. The Morgan fingerprint density at radius 2 is 2.00 bits per heavy atom. The quantitative estimate of drug-likeness (QED) is 0.828. The van der Waals surface area contributed by atoms with Gasteiger partial charge >= 0.3 is 0 Å². The van der Waals surface area contributed by atoms with E-state index in [1.165, 1.54) is 34.8 Å². The number of piperazine rings is 1. The van der Waals surface area contributed by atoms with Crippen LogP contribution in [0.1, 0.15) is 28.1 Å². The molecule has 0 atom stereocenters. The van der Waals surface area contributed by atoms with Crippen molar-refractivity contribution in [1.29, 1.82) is 0 Å². The average Bonchev–Trinajstić information content (AvgIpc) is 3.29. The van der Waals surface area contributed by atoms with Crippen molar-refractivity contribution < 1.29 is 4.79 Å². The van der Waals surface area contributed by atoms with Crippen LogP contribution in [-0.2, 0) is 0 Å². The fourth-order valence-electron chi connectivity index (χ4n) is 3.04. The Balaban J connectivity index is 1.57. The molecular formula is C15H18N4O2S. The highest BCUT2D eigenvalue weighted by Crippen LogP contribution is 2.27. The summed E-state index contributed by atoms with van der Waals surface area (Å²) < 4.78 is 1.48. The standard InChI is InChI=1S/C15H18N4O2S/c1-10-9-19-14(21)12(8-16-15(19)22-10)13(20)18-6-4-17(5-7-18)11-2-3-11/h8-9,11H,2-7H2,1H3. The van der Waals surface area contributed by atoms with Gasteiger partial charge in [-0.25, -0.2) is 4.98 Å². The number of hydrogen-bond acceptors (Lipinski definition) is 5. The molecule has 3 heterocycles. The SMILES string of the molecule is Cc1cn2c(=O)c(C(=O)N3CCN(C4CC4)CC3)cnc2s1. The molecule has 1 aliphatic heterocycles. The van der Waals surface area contributed by atoms with Crippen molar-refractivity contribution in [2.45, 2.75) is 25.8 Å². The molecule has 0 bridgehead atoms. The van der Waals surface area contributed by atoms with E-state index in [-0.39, 0.29) is 17.0 Å². The third kappa shape index (κ3) is 2.34. The van der Waals surface area contributed by atoms with Crippen molar-refractivity contribution in [3.8, 4) is 0 Å². The number of carbonyl (C=O) groups excluding carboxylic acids is 1. The van der Waals surface area contributed by atoms with Gasteiger partial charge in [0.25, 0.3) is 11.5 Å². The summed E-state index contributed by atoms with van der Waals surface area (Å²) in [5, 5.41) is 0. The second-order valence-corrected chi connectivity index (χ2v) is 7.24. The summed E-state index contributed by atoms with van der Waals surface area (Å²) in [6.07, 6.45) is 5.75. The maximum Gasteiger partial charge on any atom is 0.271 e. The van der Waals surface area contributed by atoms with Crippen LogP contribution in [-0.4, -0.2) is 57.3 Å². The Morgan fingerprint density at radius 3 is 2.68 bits per heavy atom. The zero-order chi connectivity index (χ0) is 15.3. The van der Waals surface area contributed by atoms with Gasteiger partial charge in [-0.05, 0) is 19.8 Å². The van der Waals surface area contributed by atoms with E-state index in [2.05, 4.69) is 9.88 Å². The third-order valence-electron chi connectivity index (χ3n) is 4.42. The lowest BCUT2D eigenvalue weighted by molar-refractivity contribution is 0.0625. The molecule has 0 aromatic carbocycles. The molecule has 1 saturated carbocycles. The predicted molar refractivity (Wildman–Crippen MR) is 84.6 cm³/mol. The first-order valence-electron chi connectivity index (χ1n) is 7.64. The van der Waals surface area contributed by atoms with Crippen molar-refractivity contribution >= 4 is 22.2 Å². The van der Waals surface area contributed by atoms with Crippen molar-refractivity contribution in [2.24, 2.45) is 0 Å². The Kier molecular flexibility index (Phi) is 3.27. The summed E-state index contributed by atoms with van der Waals surface area (Å²) in [7, 11) is 0. The third-order valence-corrected chi connectivity index (χ3v) is 5.33. The van der Waals surface area contributed by atoms with E-state index in [0.717, 1.165) is 24.0 Å². The van der Waals surface area contributed by atoms with Gasteiger partial charge in [0.15, 0.2) is 4.96 Å². The Labute approximate surface area is 132 Å². The van der Waals surface area contributed by atoms with Gasteiger partial charge in [0.05, 0.1) is 0 Å². The highest BCUT2D eigenvalue weighted by Gasteiger charge is 2.33. The van der Waals surface area contributed by atoms with Crippen LogP contribution >= 0.6 is 11.3 Å². The lowest BCUT2D eigenvalue weighted by atomic mass is 10.2. The fraction of sp³-hybridized carbons (Fsp3) is 0.533. The largest absolute Gasteiger partial charge is 0.336 e. The number of fused-ring (bicyclic) bond motifs is 1. The monoisotopic (exact) mass is 318 g/mol. The maximum atomic E-state index is 12.6. The minimum absolute atomic E-state index is 0.176. The van der Waals surface area contributed by atoms with E-state index in [1.807, 2.05) is 6.92 Å². The number of aromatic nitrogens is 2. The highest BCUT2D eigenvalue weighted by molar-refractivity contribution is 7.16. The molecule has 6 nitrogen and oxygen atoms in total. The maximum absolute atomic E-state index is 12.6. The van der Waals surface area contributed by atoms with Crippen LogP contribution in [0.5, 0.6) is 0 Å². The lowest BCUT2D eigenvalue weighted by Gasteiger charge is -2.34. The molecule has 2 fully saturated rings. The molecule has 7 heteroatoms. The van der Waals surface area contributed by atoms with Crippen molar-refractivity contribution in [3.05, 3.63) is 33.2 Å². The minimum Gasteiger partial charge on any atom is -0.336 e. The molecule has 0 N–H and O–H groups in total. The first kappa shape index (κ1) is 13.9. The molecule has 2 aromatic heterocycles. The van der Waals surface area contributed by atoms with Gasteiger partial charge in [-0.2, -0.15) is 0 Å². The second-order valence-electron chi connectivity index (χ2n) is 6.03. The number of thiazole rings is 1. The van der Waals surface area contributed by atoms with Gasteiger partial charge in [0.2, 0.25) is 0 Å². The highest BCUT2D eigenvalue weighted by atomic mass is 32.1. The van der Waals surface area contributed by atoms with E-state index in [0.29, 0.717) is 18.1 Å². The number of carbonyl (C=O) groups is 1. The lowest BCUT2D eigenvalue weighted by Crippen LogP contribution is -2.50. The first-order valence-corrected chi connectivity index (χ1v) is 8.46. The summed E-state index contributed by atoms with van der Waals surface area (Å²) in [5.74, 6) is -0.189. The predicted octanol–water partition coefficient (Wildman–Crippen LogP) is 0.985. The molecule has 2 aliphatic rings. The molecule has 0 radical (unpaired) electrons. The van der Waals surface area contributed by atoms with Crippen LogP contribution < -0.4 is 5.56 Å². The molecule has 0 spiro atoms. The number of rotatable bonds is 2. The Hall–Kier alpha value is -1.73. The molecule has 4 rings (SSSR count). The van der Waals surface area contributed by atoms with Gasteiger partial charge in [0.1, 0.15) is 5.56 Å². The smallest absolute Gasteiger partial charge is 0.271 e. The Bertz CT molecular complexity index is 784. The van der Waals surface area contributed by atoms with E-state index in [9.17, 15) is 9.59 Å². The van der Waals surface area contributed by atoms with Crippen LogP contribution in [0.4, 0.5) is 0 Å². The van der Waals surface area contributed by atoms with Crippen LogP contribution in [0.3, 0.4) is 0 Å². The van der Waals surface area contributed by atoms with Gasteiger partial charge < -0.3 is 4.90 Å². The second kappa shape index (κ2) is 5.17. The minimum atomic E-state index is -0.260. The van der Waals surface area contributed by atoms with E-state index in [1.54, 1.807) is 11.1 Å². The van der Waals surface area contributed by atoms with E-state index in [4.69, 9.17) is 0 Å². The van der Waals surface area contributed by atoms with Crippen LogP contribution in [0, 0.1) is 6.92 Å². The van der Waals surface area contributed by atoms with Crippen LogP contribution in [0.15, 0.2) is 17.2 Å². The van der Waals surface area contributed by atoms with E-state index < -0.39 is 0 Å². The van der Waals surface area contributed by atoms with Crippen LogP contribution in [0.2, 0.25) is 0 Å². The zero-order valence-corrected chi connectivity index (χ0v) is 13.3. The topological polar surface area (TPSA) is 57.9 Å². The zero-order valence-electron chi connectivity index (χ0n) is 12.5. The first-order chi connectivity index (χ1) is 10.6. The van der Waals surface area contributed by atoms with Gasteiger partial charge in [-0.15, -0.1) is 11.3 Å². The molecule has 22 heavy (non-hydrogen) atoms. The van der Waals surface area contributed by atoms with Gasteiger partial charge in [0, 0.05) is 49.5 Å². The average molecular weight is 318 g/mol. The summed E-state index contributed by atoms with van der Waals surface area (Å²) in [5.41, 5.74) is -0.0841. The normalized spacial score (nSPS) is 19.8. The van der Waals surface area contributed by atoms with Crippen molar-refractivity contribution in [1.82, 2.24) is 19.2 Å². The molecule has 1 saturated heterocycles. The summed E-state index contributed by atoms with van der Waals surface area (Å²) in [6.45, 7) is 5.13. The van der Waals surface area contributed by atoms with Gasteiger partial charge in [-0.3, -0.25) is 18.9 Å². The molecule has 1 aliphatic carbocycles. The number of amides is 1. The van der Waals surface area contributed by atoms with Gasteiger partial charge in [-0.1, -0.05) is 0 Å². The summed E-state index contributed by atoms with van der Waals surface area (Å²) >= 11 is 1.45. The molecular weight excluding hydrogens is 300 g/mol. The summed E-state index contributed by atoms with van der Waals surface area (Å²) in [4.78, 5) is 35.2. The molecule has 2 aromatic rings. The summed E-state index contributed by atoms with van der Waals surface area (Å²) in [6, 6.07) is 0.731. The van der Waals surface area contributed by atoms with E-state index >= 15 is 0 Å². The van der Waals surface area contributed by atoms with Crippen LogP contribution in [0.25, 0.3) is 4.96 Å². The number of hydrogen-bond donors (Lipinski definition) is 0. The molecule has 1 amide bonds. The Morgan fingerprint density at radius 1 is 1.27 bits per heavy atom. The molecule has 116 valence electrons. The van der Waals surface area contributed by atoms with Crippen molar-refractivity contribution in [3.63, 3.8) is 0 Å². The molecule has 0 unspecified atom stereocenters. The number of aryl methyl sites for hydroxylation is 1. The number of nitrogens with zero attached hydrogens (tertiary/aromatic N) is 4.